The molecule has 2 aromatic heterocycles. The Morgan fingerprint density at radius 2 is 2.04 bits per heavy atom. The molecule has 1 amide bonds. The molecule has 7 nitrogen and oxygen atoms in total. The number of hydrogen-bond donors (Lipinski definition) is 1. The van der Waals surface area contributed by atoms with Crippen LogP contribution in [0.1, 0.15) is 30.3 Å². The first-order valence-electron chi connectivity index (χ1n) is 8.82. The Morgan fingerprint density at radius 3 is 2.78 bits per heavy atom. The summed E-state index contributed by atoms with van der Waals surface area (Å²) in [6.45, 7) is 6.39. The third kappa shape index (κ3) is 4.21. The molecule has 0 saturated carbocycles. The number of fused-ring (bicyclic) bond motifs is 1. The highest BCUT2D eigenvalue weighted by atomic mass is 32.2. The second-order valence-electron chi connectivity index (χ2n) is 6.05. The molecule has 27 heavy (non-hydrogen) atoms. The smallest absolute Gasteiger partial charge is 0.253 e. The fraction of sp³-hybridized carbons (Fsp3) is 0.368. The van der Waals surface area contributed by atoms with Gasteiger partial charge in [0.2, 0.25) is 11.1 Å². The molecule has 0 bridgehead atoms. The lowest BCUT2D eigenvalue weighted by atomic mass is 10.1. The van der Waals surface area contributed by atoms with Gasteiger partial charge in [-0.05, 0) is 51.1 Å². The van der Waals surface area contributed by atoms with Crippen LogP contribution >= 0.6 is 11.8 Å². The van der Waals surface area contributed by atoms with Crippen molar-refractivity contribution in [3.05, 3.63) is 41.2 Å². The van der Waals surface area contributed by atoms with E-state index >= 15 is 0 Å². The minimum atomic E-state index is -0.0653. The lowest BCUT2D eigenvalue weighted by Crippen LogP contribution is -2.15. The van der Waals surface area contributed by atoms with E-state index in [4.69, 9.17) is 4.74 Å². The number of nitrogens with one attached hydrogen (secondary N) is 1. The van der Waals surface area contributed by atoms with Gasteiger partial charge in [-0.15, -0.1) is 5.10 Å². The van der Waals surface area contributed by atoms with E-state index < -0.39 is 0 Å². The molecule has 0 aliphatic rings. The molecule has 0 unspecified atom stereocenters. The maximum atomic E-state index is 12.5. The van der Waals surface area contributed by atoms with Gasteiger partial charge in [0.25, 0.3) is 5.78 Å². The van der Waals surface area contributed by atoms with Crippen LogP contribution in [-0.4, -0.2) is 38.4 Å². The van der Waals surface area contributed by atoms with Gasteiger partial charge in [-0.1, -0.05) is 23.9 Å². The summed E-state index contributed by atoms with van der Waals surface area (Å²) in [6, 6.07) is 7.44. The topological polar surface area (TPSA) is 81.4 Å². The van der Waals surface area contributed by atoms with Gasteiger partial charge >= 0.3 is 0 Å². The van der Waals surface area contributed by atoms with Crippen molar-refractivity contribution in [1.29, 1.82) is 0 Å². The normalized spacial score (nSPS) is 11.0. The summed E-state index contributed by atoms with van der Waals surface area (Å²) >= 11 is 1.48. The number of para-hydroxylation sites is 2. The molecule has 0 aliphatic carbocycles. The first-order valence-corrected chi connectivity index (χ1v) is 10.0. The number of anilines is 1. The predicted octanol–water partition coefficient (Wildman–Crippen LogP) is 3.43. The SMILES string of the molecule is CCOc1ccccc1NC(=O)CCc1c(C)nc2nc(SC)nn2c1C. The van der Waals surface area contributed by atoms with Crippen molar-refractivity contribution in [2.24, 2.45) is 0 Å². The number of nitrogens with zero attached hydrogens (tertiary/aromatic N) is 4. The largest absolute Gasteiger partial charge is 0.492 e. The van der Waals surface area contributed by atoms with Crippen molar-refractivity contribution in [2.75, 3.05) is 18.2 Å². The molecule has 0 radical (unpaired) electrons. The Hall–Kier alpha value is -2.61. The van der Waals surface area contributed by atoms with Crippen molar-refractivity contribution in [3.8, 4) is 5.75 Å². The quantitative estimate of drug-likeness (QED) is 0.628. The molecule has 1 aromatic carbocycles. The molecular formula is C19H23N5O2S. The van der Waals surface area contributed by atoms with E-state index in [-0.39, 0.29) is 5.91 Å². The Kier molecular flexibility index (Phi) is 5.95. The third-order valence-corrected chi connectivity index (χ3v) is 4.81. The summed E-state index contributed by atoms with van der Waals surface area (Å²) < 4.78 is 7.30. The summed E-state index contributed by atoms with van der Waals surface area (Å²) in [7, 11) is 0. The minimum absolute atomic E-state index is 0.0653. The number of aryl methyl sites for hydroxylation is 2. The van der Waals surface area contributed by atoms with Crippen LogP contribution in [-0.2, 0) is 11.2 Å². The molecule has 8 heteroatoms. The van der Waals surface area contributed by atoms with Gasteiger partial charge in [-0.25, -0.2) is 9.50 Å². The van der Waals surface area contributed by atoms with E-state index in [1.165, 1.54) is 11.8 Å². The molecule has 2 heterocycles. The number of thioether (sulfide) groups is 1. The van der Waals surface area contributed by atoms with Crippen LogP contribution in [0.15, 0.2) is 29.4 Å². The second kappa shape index (κ2) is 8.39. The fourth-order valence-electron chi connectivity index (χ4n) is 2.94. The highest BCUT2D eigenvalue weighted by Gasteiger charge is 2.15. The zero-order valence-electron chi connectivity index (χ0n) is 15.9. The highest BCUT2D eigenvalue weighted by Crippen LogP contribution is 2.24. The Bertz CT molecular complexity index is 970. The number of ether oxygens (including phenoxy) is 1. The van der Waals surface area contributed by atoms with Crippen molar-refractivity contribution >= 4 is 29.1 Å². The summed E-state index contributed by atoms with van der Waals surface area (Å²) in [6.07, 6.45) is 2.86. The van der Waals surface area contributed by atoms with Gasteiger partial charge in [0.1, 0.15) is 5.75 Å². The van der Waals surface area contributed by atoms with E-state index in [2.05, 4.69) is 20.4 Å². The molecule has 3 aromatic rings. The van der Waals surface area contributed by atoms with Crippen molar-refractivity contribution in [1.82, 2.24) is 19.6 Å². The van der Waals surface area contributed by atoms with Crippen LogP contribution in [0.3, 0.4) is 0 Å². The number of rotatable bonds is 7. The molecule has 0 fully saturated rings. The van der Waals surface area contributed by atoms with E-state index in [1.807, 2.05) is 51.3 Å². The van der Waals surface area contributed by atoms with E-state index in [0.717, 1.165) is 17.0 Å². The number of carbonyl (C=O) groups is 1. The number of benzene rings is 1. The van der Waals surface area contributed by atoms with Gasteiger partial charge in [-0.3, -0.25) is 4.79 Å². The standard InChI is InChI=1S/C19H23N5O2S/c1-5-26-16-9-7-6-8-15(16)21-17(25)11-10-14-12(2)20-18-22-19(27-4)23-24(18)13(14)3/h6-9H,5,10-11H2,1-4H3,(H,21,25). The Morgan fingerprint density at radius 1 is 1.26 bits per heavy atom. The van der Waals surface area contributed by atoms with Crippen LogP contribution < -0.4 is 10.1 Å². The van der Waals surface area contributed by atoms with Crippen LogP contribution in [0, 0.1) is 13.8 Å². The molecule has 0 spiro atoms. The van der Waals surface area contributed by atoms with Crippen LogP contribution in [0.25, 0.3) is 5.78 Å². The van der Waals surface area contributed by atoms with Crippen molar-refractivity contribution in [3.63, 3.8) is 0 Å². The maximum Gasteiger partial charge on any atom is 0.253 e. The molecule has 1 N–H and O–H groups in total. The molecule has 0 aliphatic heterocycles. The van der Waals surface area contributed by atoms with Gasteiger partial charge in [0.15, 0.2) is 0 Å². The van der Waals surface area contributed by atoms with Crippen LogP contribution in [0.5, 0.6) is 5.75 Å². The molecule has 3 rings (SSSR count). The number of aromatic nitrogens is 4. The minimum Gasteiger partial charge on any atom is -0.492 e. The first-order chi connectivity index (χ1) is 13.0. The summed E-state index contributed by atoms with van der Waals surface area (Å²) in [5.74, 6) is 1.20. The second-order valence-corrected chi connectivity index (χ2v) is 6.82. The van der Waals surface area contributed by atoms with E-state index in [9.17, 15) is 4.79 Å². The fourth-order valence-corrected chi connectivity index (χ4v) is 3.28. The van der Waals surface area contributed by atoms with Crippen molar-refractivity contribution in [2.45, 2.75) is 38.8 Å². The molecule has 142 valence electrons. The number of carbonyl (C=O) groups excluding carboxylic acids is 1. The molecular weight excluding hydrogens is 362 g/mol. The highest BCUT2D eigenvalue weighted by molar-refractivity contribution is 7.98. The summed E-state index contributed by atoms with van der Waals surface area (Å²) in [5.41, 5.74) is 3.55. The zero-order valence-corrected chi connectivity index (χ0v) is 16.8. The Balaban J connectivity index is 1.74. The van der Waals surface area contributed by atoms with E-state index in [0.29, 0.717) is 41.8 Å². The monoisotopic (exact) mass is 385 g/mol. The lowest BCUT2D eigenvalue weighted by Gasteiger charge is -2.12. The van der Waals surface area contributed by atoms with Gasteiger partial charge < -0.3 is 10.1 Å². The number of hydrogen-bond acceptors (Lipinski definition) is 6. The van der Waals surface area contributed by atoms with Gasteiger partial charge in [0.05, 0.1) is 12.3 Å². The summed E-state index contributed by atoms with van der Waals surface area (Å²) in [5, 5.41) is 8.07. The number of amides is 1. The van der Waals surface area contributed by atoms with Crippen molar-refractivity contribution < 1.29 is 9.53 Å². The molecule has 0 atom stereocenters. The molecule has 0 saturated heterocycles. The lowest BCUT2D eigenvalue weighted by molar-refractivity contribution is -0.116. The van der Waals surface area contributed by atoms with Gasteiger partial charge in [0, 0.05) is 17.8 Å². The van der Waals surface area contributed by atoms with Gasteiger partial charge in [-0.2, -0.15) is 4.98 Å². The van der Waals surface area contributed by atoms with Crippen LogP contribution in [0.2, 0.25) is 0 Å². The predicted molar refractivity (Wildman–Crippen MR) is 107 cm³/mol. The Labute approximate surface area is 162 Å². The summed E-state index contributed by atoms with van der Waals surface area (Å²) in [4.78, 5) is 21.4. The third-order valence-electron chi connectivity index (χ3n) is 4.28. The zero-order chi connectivity index (χ0) is 19.4. The maximum absolute atomic E-state index is 12.5. The average Bonchev–Trinajstić information content (AvgIpc) is 3.06. The van der Waals surface area contributed by atoms with E-state index in [1.54, 1.807) is 4.52 Å². The first kappa shape index (κ1) is 19.2. The van der Waals surface area contributed by atoms with Crippen LogP contribution in [0.4, 0.5) is 5.69 Å². The average molecular weight is 385 g/mol.